The summed E-state index contributed by atoms with van der Waals surface area (Å²) >= 11 is 0. The van der Waals surface area contributed by atoms with Crippen LogP contribution in [-0.4, -0.2) is 27.8 Å². The Kier molecular flexibility index (Phi) is 5.33. The van der Waals surface area contributed by atoms with Crippen molar-refractivity contribution in [3.8, 4) is 0 Å². The Labute approximate surface area is 68.0 Å². The molecule has 0 aliphatic rings. The quantitative estimate of drug-likeness (QED) is 0.481. The molecule has 6 heteroatoms. The molecule has 2 N–H and O–H groups in total. The highest BCUT2D eigenvalue weighted by Gasteiger charge is 2.00. The first kappa shape index (κ1) is 10.1. The van der Waals surface area contributed by atoms with E-state index in [1.807, 2.05) is 10.5 Å². The Hall–Kier alpha value is -0.930. The van der Waals surface area contributed by atoms with Gasteiger partial charge in [-0.2, -0.15) is 0 Å². The predicted molar refractivity (Wildman–Crippen MR) is 41.6 cm³/mol. The maximum Gasteiger partial charge on any atom is 0.226 e. The molecule has 4 nitrogen and oxygen atoms in total. The van der Waals surface area contributed by atoms with Gasteiger partial charge in [-0.1, -0.05) is 0 Å². The van der Waals surface area contributed by atoms with Gasteiger partial charge in [-0.3, -0.25) is 9.59 Å². The van der Waals surface area contributed by atoms with Crippen molar-refractivity contribution in [1.82, 2.24) is 10.5 Å². The Morgan fingerprint density at radius 1 is 1.00 bits per heavy atom. The third-order valence-electron chi connectivity index (χ3n) is 1.13. The van der Waals surface area contributed by atoms with Crippen LogP contribution in [0.2, 0.25) is 0 Å². The first-order valence-electron chi connectivity index (χ1n) is 3.19. The van der Waals surface area contributed by atoms with Gasteiger partial charge in [-0.05, 0) is 6.42 Å². The van der Waals surface area contributed by atoms with Crippen LogP contribution in [-0.2, 0) is 9.59 Å². The summed E-state index contributed by atoms with van der Waals surface area (Å²) in [5.41, 5.74) is 0. The van der Waals surface area contributed by atoms with Crippen LogP contribution in [0.3, 0.4) is 0 Å². The van der Waals surface area contributed by atoms with Gasteiger partial charge in [0.1, 0.15) is 0 Å². The summed E-state index contributed by atoms with van der Waals surface area (Å²) in [6.45, 7) is 0. The minimum absolute atomic E-state index is 0.240. The summed E-state index contributed by atoms with van der Waals surface area (Å²) in [5.74, 6) is -0.565. The highest BCUT2D eigenvalue weighted by molar-refractivity contribution is 6.14. The lowest BCUT2D eigenvalue weighted by Gasteiger charge is -1.99. The first-order valence-corrected chi connectivity index (χ1v) is 3.19. The number of rotatable bonds is 4. The molecule has 0 aliphatic heterocycles. The predicted octanol–water partition coefficient (Wildman–Crippen LogP) is -1.44. The van der Waals surface area contributed by atoms with Gasteiger partial charge in [0, 0.05) is 12.8 Å². The van der Waals surface area contributed by atoms with E-state index in [-0.39, 0.29) is 24.7 Å². The smallest absolute Gasteiger partial charge is 0.226 e. The zero-order valence-electron chi connectivity index (χ0n) is 6.09. The number of carbonyl (C=O) groups is 2. The van der Waals surface area contributed by atoms with Gasteiger partial charge in [-0.15, -0.1) is 0 Å². The van der Waals surface area contributed by atoms with Crippen molar-refractivity contribution in [2.45, 2.75) is 19.3 Å². The largest absolute Gasteiger partial charge is 0.409 e. The van der Waals surface area contributed by atoms with Crippen LogP contribution in [0.4, 0.5) is 0 Å². The second kappa shape index (κ2) is 5.82. The molecule has 2 amide bonds. The van der Waals surface area contributed by atoms with Crippen LogP contribution in [0.5, 0.6) is 0 Å². The van der Waals surface area contributed by atoms with E-state index >= 15 is 0 Å². The van der Waals surface area contributed by atoms with Crippen LogP contribution < -0.4 is 10.5 Å². The molecule has 4 radical (unpaired) electrons. The van der Waals surface area contributed by atoms with Crippen LogP contribution in [0.1, 0.15) is 19.3 Å². The summed E-state index contributed by atoms with van der Waals surface area (Å²) in [6, 6.07) is 0. The van der Waals surface area contributed by atoms with Crippen LogP contribution >= 0.6 is 0 Å². The van der Waals surface area contributed by atoms with E-state index in [0.29, 0.717) is 6.42 Å². The molecule has 0 saturated heterocycles. The second-order valence-electron chi connectivity index (χ2n) is 1.99. The first-order chi connectivity index (χ1) is 5.20. The number of nitrogens with one attached hydrogen (secondary N) is 2. The van der Waals surface area contributed by atoms with Crippen molar-refractivity contribution >= 4 is 27.8 Å². The fourth-order valence-electron chi connectivity index (χ4n) is 0.554. The van der Waals surface area contributed by atoms with E-state index in [2.05, 4.69) is 0 Å². The van der Waals surface area contributed by atoms with E-state index < -0.39 is 0 Å². The van der Waals surface area contributed by atoms with E-state index in [1.54, 1.807) is 0 Å². The highest BCUT2D eigenvalue weighted by atomic mass is 16.2. The molecule has 0 saturated carbocycles. The topological polar surface area (TPSA) is 58.2 Å². The third-order valence-corrected chi connectivity index (χ3v) is 1.13. The number of amides is 2. The van der Waals surface area contributed by atoms with E-state index in [0.717, 1.165) is 0 Å². The molecular weight excluding hydrogens is 142 g/mol. The minimum Gasteiger partial charge on any atom is -0.409 e. The summed E-state index contributed by atoms with van der Waals surface area (Å²) < 4.78 is 0. The van der Waals surface area contributed by atoms with Crippen molar-refractivity contribution in [3.05, 3.63) is 0 Å². The average molecular weight is 150 g/mol. The summed E-state index contributed by atoms with van der Waals surface area (Å²) in [5, 5.41) is 3.91. The van der Waals surface area contributed by atoms with Crippen LogP contribution in [0, 0.1) is 0 Å². The van der Waals surface area contributed by atoms with Gasteiger partial charge in [0.25, 0.3) is 0 Å². The van der Waals surface area contributed by atoms with Gasteiger partial charge in [0.05, 0.1) is 0 Å². The van der Waals surface area contributed by atoms with Crippen molar-refractivity contribution < 1.29 is 9.59 Å². The van der Waals surface area contributed by atoms with Crippen LogP contribution in [0.25, 0.3) is 0 Å². The molecule has 0 aromatic rings. The van der Waals surface area contributed by atoms with E-state index in [4.69, 9.17) is 16.0 Å². The molecule has 0 aromatic heterocycles. The maximum absolute atomic E-state index is 10.5. The summed E-state index contributed by atoms with van der Waals surface area (Å²) in [7, 11) is 9.59. The molecule has 0 atom stereocenters. The van der Waals surface area contributed by atoms with E-state index in [1.165, 1.54) is 0 Å². The second-order valence-corrected chi connectivity index (χ2v) is 1.99. The maximum atomic E-state index is 10.5. The normalized spacial score (nSPS) is 8.73. The van der Waals surface area contributed by atoms with Crippen molar-refractivity contribution in [3.63, 3.8) is 0 Å². The minimum atomic E-state index is -0.283. The summed E-state index contributed by atoms with van der Waals surface area (Å²) in [6.07, 6.45) is 0.930. The number of carbonyl (C=O) groups excluding carboxylic acids is 2. The Morgan fingerprint density at radius 2 is 1.36 bits per heavy atom. The van der Waals surface area contributed by atoms with Gasteiger partial charge in [0.15, 0.2) is 0 Å². The van der Waals surface area contributed by atoms with E-state index in [9.17, 15) is 9.59 Å². The molecule has 0 bridgehead atoms. The van der Waals surface area contributed by atoms with Gasteiger partial charge < -0.3 is 10.5 Å². The molecule has 0 unspecified atom stereocenters. The standard InChI is InChI=1S/C5H8B2N2O2/c6-8-4(10)2-1-3-5(11)9-7/h1-3H2,(H,8,10)(H,9,11). The fraction of sp³-hybridized carbons (Fsp3) is 0.600. The lowest BCUT2D eigenvalue weighted by Crippen LogP contribution is -2.22. The Morgan fingerprint density at radius 3 is 1.64 bits per heavy atom. The lowest BCUT2D eigenvalue weighted by atomic mass is 10.2. The molecule has 0 fully saturated rings. The SMILES string of the molecule is [B]NC(=O)CCCC(=O)N[B]. The number of hydrogen-bond acceptors (Lipinski definition) is 2. The van der Waals surface area contributed by atoms with Gasteiger partial charge in [-0.25, -0.2) is 0 Å². The monoisotopic (exact) mass is 150 g/mol. The van der Waals surface area contributed by atoms with Crippen LogP contribution in [0.15, 0.2) is 0 Å². The molecule has 56 valence electrons. The van der Waals surface area contributed by atoms with Gasteiger partial charge >= 0.3 is 0 Å². The number of hydrogen-bond donors (Lipinski definition) is 2. The van der Waals surface area contributed by atoms with Crippen molar-refractivity contribution in [1.29, 1.82) is 0 Å². The van der Waals surface area contributed by atoms with Gasteiger partial charge in [0.2, 0.25) is 27.8 Å². The Balaban J connectivity index is 3.27. The Bertz CT molecular complexity index is 135. The van der Waals surface area contributed by atoms with Crippen molar-refractivity contribution in [2.24, 2.45) is 0 Å². The zero-order valence-corrected chi connectivity index (χ0v) is 6.09. The fourth-order valence-corrected chi connectivity index (χ4v) is 0.554. The molecule has 0 spiro atoms. The molecule has 0 aliphatic carbocycles. The molecular formula is C5H8B2N2O2. The molecule has 0 rings (SSSR count). The zero-order chi connectivity index (χ0) is 8.69. The molecule has 11 heavy (non-hydrogen) atoms. The highest BCUT2D eigenvalue weighted by Crippen LogP contribution is 1.93. The lowest BCUT2D eigenvalue weighted by molar-refractivity contribution is -0.120. The molecule has 0 aromatic carbocycles. The van der Waals surface area contributed by atoms with Crippen molar-refractivity contribution in [2.75, 3.05) is 0 Å². The summed E-state index contributed by atoms with van der Waals surface area (Å²) in [4.78, 5) is 21.0. The molecule has 0 heterocycles. The third kappa shape index (κ3) is 5.51. The average Bonchev–Trinajstić information content (AvgIpc) is 2.04.